The Bertz CT molecular complexity index is 921. The van der Waals surface area contributed by atoms with E-state index in [1.807, 2.05) is 30.5 Å². The lowest BCUT2D eigenvalue weighted by atomic mass is 10.3. The number of aromatic nitrogens is 3. The number of anilines is 1. The summed E-state index contributed by atoms with van der Waals surface area (Å²) in [6.45, 7) is 7.22. The predicted octanol–water partition coefficient (Wildman–Crippen LogP) is 5.22. The Morgan fingerprint density at radius 2 is 2.15 bits per heavy atom. The van der Waals surface area contributed by atoms with Gasteiger partial charge in [0.15, 0.2) is 10.3 Å². The van der Waals surface area contributed by atoms with Crippen molar-refractivity contribution >= 4 is 56.8 Å². The van der Waals surface area contributed by atoms with Crippen LogP contribution in [0.3, 0.4) is 0 Å². The number of nitrogens with zero attached hydrogens (tertiary/aromatic N) is 4. The number of aryl methyl sites for hydroxylation is 1. The molecule has 0 saturated carbocycles. The topological polar surface area (TPSA) is 51.0 Å². The van der Waals surface area contributed by atoms with Crippen LogP contribution in [0.5, 0.6) is 0 Å². The summed E-state index contributed by atoms with van der Waals surface area (Å²) < 4.78 is 2.23. The molecule has 0 saturated heterocycles. The van der Waals surface area contributed by atoms with Crippen molar-refractivity contribution in [1.82, 2.24) is 14.5 Å². The SMILES string of the molecule is CCCn1c(SCc2csc(N(CC)C(C)=O)n2)nc2cc(Cl)ccc21. The van der Waals surface area contributed by atoms with Crippen LogP contribution in [0.4, 0.5) is 5.13 Å². The Balaban J connectivity index is 1.80. The Hall–Kier alpha value is -1.57. The summed E-state index contributed by atoms with van der Waals surface area (Å²) >= 11 is 9.27. The van der Waals surface area contributed by atoms with Crippen LogP contribution in [0, 0.1) is 0 Å². The molecule has 3 rings (SSSR count). The second-order valence-corrected chi connectivity index (χ2v) is 8.07. The number of thiazole rings is 1. The molecule has 0 aliphatic heterocycles. The highest BCUT2D eigenvalue weighted by molar-refractivity contribution is 7.98. The van der Waals surface area contributed by atoms with E-state index in [-0.39, 0.29) is 5.91 Å². The smallest absolute Gasteiger partial charge is 0.225 e. The lowest BCUT2D eigenvalue weighted by Crippen LogP contribution is -2.27. The molecule has 0 aliphatic rings. The van der Waals surface area contributed by atoms with Gasteiger partial charge in [-0.25, -0.2) is 9.97 Å². The quantitative estimate of drug-likeness (QED) is 0.503. The minimum atomic E-state index is 0.0164. The van der Waals surface area contributed by atoms with Gasteiger partial charge in [-0.2, -0.15) is 0 Å². The number of carbonyl (C=O) groups is 1. The second kappa shape index (κ2) is 8.41. The number of fused-ring (bicyclic) bond motifs is 1. The molecule has 1 amide bonds. The zero-order chi connectivity index (χ0) is 18.7. The van der Waals surface area contributed by atoms with E-state index in [0.29, 0.717) is 17.3 Å². The van der Waals surface area contributed by atoms with Crippen LogP contribution in [0.1, 0.15) is 32.9 Å². The number of benzene rings is 1. The highest BCUT2D eigenvalue weighted by Crippen LogP contribution is 2.30. The summed E-state index contributed by atoms with van der Waals surface area (Å²) in [7, 11) is 0. The summed E-state index contributed by atoms with van der Waals surface area (Å²) in [6, 6.07) is 5.83. The molecule has 8 heteroatoms. The van der Waals surface area contributed by atoms with Gasteiger partial charge in [-0.15, -0.1) is 11.3 Å². The van der Waals surface area contributed by atoms with E-state index in [9.17, 15) is 4.79 Å². The van der Waals surface area contributed by atoms with Crippen LogP contribution < -0.4 is 4.90 Å². The molecule has 2 aromatic heterocycles. The minimum absolute atomic E-state index is 0.0164. The zero-order valence-electron chi connectivity index (χ0n) is 15.0. The summed E-state index contributed by atoms with van der Waals surface area (Å²) in [5.41, 5.74) is 2.98. The fourth-order valence-electron chi connectivity index (χ4n) is 2.75. The van der Waals surface area contributed by atoms with E-state index < -0.39 is 0 Å². The second-order valence-electron chi connectivity index (χ2n) is 5.85. The molecule has 0 radical (unpaired) electrons. The van der Waals surface area contributed by atoms with Gasteiger partial charge >= 0.3 is 0 Å². The third-order valence-electron chi connectivity index (χ3n) is 3.94. The van der Waals surface area contributed by atoms with Crippen molar-refractivity contribution in [2.24, 2.45) is 0 Å². The van der Waals surface area contributed by atoms with Crippen LogP contribution in [0.2, 0.25) is 5.02 Å². The number of hydrogen-bond donors (Lipinski definition) is 0. The van der Waals surface area contributed by atoms with Crippen LogP contribution in [-0.2, 0) is 17.1 Å². The van der Waals surface area contributed by atoms with Gasteiger partial charge in [-0.05, 0) is 31.5 Å². The molecule has 0 spiro atoms. The van der Waals surface area contributed by atoms with Gasteiger partial charge in [0, 0.05) is 36.2 Å². The zero-order valence-corrected chi connectivity index (χ0v) is 17.4. The number of hydrogen-bond acceptors (Lipinski definition) is 5. The molecule has 0 atom stereocenters. The fraction of sp³-hybridized carbons (Fsp3) is 0.389. The molecule has 0 fully saturated rings. The first-order chi connectivity index (χ1) is 12.5. The lowest BCUT2D eigenvalue weighted by Gasteiger charge is -2.14. The van der Waals surface area contributed by atoms with Crippen LogP contribution in [0.15, 0.2) is 28.7 Å². The van der Waals surface area contributed by atoms with E-state index in [1.165, 1.54) is 11.3 Å². The fourth-order valence-corrected chi connectivity index (χ4v) is 4.89. The van der Waals surface area contributed by atoms with E-state index >= 15 is 0 Å². The maximum absolute atomic E-state index is 11.7. The number of thioether (sulfide) groups is 1. The van der Waals surface area contributed by atoms with Crippen molar-refractivity contribution in [3.8, 4) is 0 Å². The highest BCUT2D eigenvalue weighted by atomic mass is 35.5. The Kier molecular flexibility index (Phi) is 6.21. The molecule has 2 heterocycles. The molecule has 1 aromatic carbocycles. The van der Waals surface area contributed by atoms with Gasteiger partial charge in [-0.1, -0.05) is 30.3 Å². The molecular formula is C18H21ClN4OS2. The molecule has 0 aliphatic carbocycles. The van der Waals surface area contributed by atoms with Gasteiger partial charge < -0.3 is 4.57 Å². The first kappa shape index (κ1) is 19.2. The molecule has 0 bridgehead atoms. The van der Waals surface area contributed by atoms with Crippen molar-refractivity contribution < 1.29 is 4.79 Å². The van der Waals surface area contributed by atoms with Crippen molar-refractivity contribution in [3.05, 3.63) is 34.3 Å². The van der Waals surface area contributed by atoms with Crippen LogP contribution in [-0.4, -0.2) is 27.0 Å². The van der Waals surface area contributed by atoms with E-state index in [4.69, 9.17) is 16.6 Å². The third kappa shape index (κ3) is 4.05. The molecule has 0 unspecified atom stereocenters. The van der Waals surface area contributed by atoms with Crippen LogP contribution in [0.25, 0.3) is 11.0 Å². The molecule has 5 nitrogen and oxygen atoms in total. The largest absolute Gasteiger partial charge is 0.319 e. The van der Waals surface area contributed by atoms with Gasteiger partial charge in [0.1, 0.15) is 0 Å². The standard InChI is InChI=1S/C18H21ClN4OS2/c1-4-8-23-16-7-6-13(19)9-15(16)21-18(23)26-11-14-10-25-17(20-14)22(5-2)12(3)24/h6-7,9-10H,4-5,8,11H2,1-3H3. The highest BCUT2D eigenvalue weighted by Gasteiger charge is 2.15. The van der Waals surface area contributed by atoms with Crippen molar-refractivity contribution in [2.45, 2.75) is 44.6 Å². The summed E-state index contributed by atoms with van der Waals surface area (Å²) in [5, 5.41) is 4.43. The number of amides is 1. The minimum Gasteiger partial charge on any atom is -0.319 e. The number of imidazole rings is 1. The van der Waals surface area contributed by atoms with Crippen LogP contribution >= 0.6 is 34.7 Å². The number of rotatable bonds is 7. The molecule has 3 aromatic rings. The van der Waals surface area contributed by atoms with Crippen molar-refractivity contribution in [3.63, 3.8) is 0 Å². The summed E-state index contributed by atoms with van der Waals surface area (Å²) in [4.78, 5) is 22.7. The maximum atomic E-state index is 11.7. The summed E-state index contributed by atoms with van der Waals surface area (Å²) in [6.07, 6.45) is 1.03. The van der Waals surface area contributed by atoms with Gasteiger partial charge in [0.05, 0.1) is 16.7 Å². The number of halogens is 1. The Labute approximate surface area is 166 Å². The molecule has 26 heavy (non-hydrogen) atoms. The van der Waals surface area contributed by atoms with E-state index in [2.05, 4.69) is 16.5 Å². The molecule has 138 valence electrons. The first-order valence-corrected chi connectivity index (χ1v) is 10.8. The van der Waals surface area contributed by atoms with Crippen molar-refractivity contribution in [1.29, 1.82) is 0 Å². The Morgan fingerprint density at radius 3 is 2.85 bits per heavy atom. The van der Waals surface area contributed by atoms with E-state index in [0.717, 1.165) is 40.0 Å². The molecule has 0 N–H and O–H groups in total. The Morgan fingerprint density at radius 1 is 1.35 bits per heavy atom. The summed E-state index contributed by atoms with van der Waals surface area (Å²) in [5.74, 6) is 0.731. The van der Waals surface area contributed by atoms with Gasteiger partial charge in [0.2, 0.25) is 5.91 Å². The molecular weight excluding hydrogens is 388 g/mol. The van der Waals surface area contributed by atoms with E-state index in [1.54, 1.807) is 23.6 Å². The lowest BCUT2D eigenvalue weighted by molar-refractivity contribution is -0.116. The average molecular weight is 409 g/mol. The average Bonchev–Trinajstić information content (AvgIpc) is 3.18. The normalized spacial score (nSPS) is 11.2. The van der Waals surface area contributed by atoms with Gasteiger partial charge in [-0.3, -0.25) is 9.69 Å². The third-order valence-corrected chi connectivity index (χ3v) is 6.10. The van der Waals surface area contributed by atoms with Gasteiger partial charge in [0.25, 0.3) is 0 Å². The first-order valence-electron chi connectivity index (χ1n) is 8.54. The monoisotopic (exact) mass is 408 g/mol. The predicted molar refractivity (Wildman–Crippen MR) is 110 cm³/mol. The number of carbonyl (C=O) groups excluding carboxylic acids is 1. The van der Waals surface area contributed by atoms with Crippen molar-refractivity contribution in [2.75, 3.05) is 11.4 Å². The maximum Gasteiger partial charge on any atom is 0.225 e.